The number of nitrogens with one attached hydrogen (secondary N) is 1. The van der Waals surface area contributed by atoms with Crippen LogP contribution in [-0.2, 0) is 4.79 Å². The molecule has 0 saturated heterocycles. The molecule has 1 atom stereocenters. The van der Waals surface area contributed by atoms with Crippen molar-refractivity contribution < 1.29 is 9.53 Å². The first-order valence-electron chi connectivity index (χ1n) is 7.55. The fourth-order valence-electron chi connectivity index (χ4n) is 2.45. The largest absolute Gasteiger partial charge is 0.493 e. The quantitative estimate of drug-likeness (QED) is 0.724. The van der Waals surface area contributed by atoms with E-state index in [4.69, 9.17) is 10.5 Å². The van der Waals surface area contributed by atoms with Gasteiger partial charge in [-0.1, -0.05) is 13.0 Å². The minimum Gasteiger partial charge on any atom is -0.493 e. The highest BCUT2D eigenvalue weighted by Crippen LogP contribution is 2.23. The van der Waals surface area contributed by atoms with E-state index in [1.165, 1.54) is 16.7 Å². The summed E-state index contributed by atoms with van der Waals surface area (Å²) in [5.74, 6) is 0.614. The second-order valence-electron chi connectivity index (χ2n) is 5.88. The van der Waals surface area contributed by atoms with Gasteiger partial charge < -0.3 is 15.8 Å². The van der Waals surface area contributed by atoms with Crippen LogP contribution < -0.4 is 15.8 Å². The van der Waals surface area contributed by atoms with E-state index in [0.717, 1.165) is 18.7 Å². The smallest absolute Gasteiger partial charge is 0.237 e. The third-order valence-corrected chi connectivity index (χ3v) is 3.95. The van der Waals surface area contributed by atoms with Crippen molar-refractivity contribution in [3.05, 3.63) is 28.8 Å². The van der Waals surface area contributed by atoms with Crippen molar-refractivity contribution in [1.82, 2.24) is 5.32 Å². The van der Waals surface area contributed by atoms with Crippen LogP contribution in [0.25, 0.3) is 0 Å². The van der Waals surface area contributed by atoms with Crippen LogP contribution in [-0.4, -0.2) is 24.6 Å². The molecule has 1 amide bonds. The molecule has 0 aromatic heterocycles. The van der Waals surface area contributed by atoms with Gasteiger partial charge in [0.2, 0.25) is 5.91 Å². The Bertz CT molecular complexity index is 500. The SMILES string of the molecule is CCNC(C)(CCCOc1cc(C)cc(C)c1C)C(N)=O. The number of ether oxygens (including phenoxy) is 1. The van der Waals surface area contributed by atoms with Crippen LogP contribution in [0.5, 0.6) is 5.75 Å². The molecule has 0 spiro atoms. The topological polar surface area (TPSA) is 64.3 Å². The maximum Gasteiger partial charge on any atom is 0.237 e. The number of likely N-dealkylation sites (N-methyl/N-ethyl adjacent to an activating group) is 1. The van der Waals surface area contributed by atoms with E-state index in [2.05, 4.69) is 38.2 Å². The number of hydrogen-bond acceptors (Lipinski definition) is 3. The van der Waals surface area contributed by atoms with Crippen LogP contribution in [0.15, 0.2) is 12.1 Å². The first-order chi connectivity index (χ1) is 9.80. The third kappa shape index (κ3) is 4.74. The van der Waals surface area contributed by atoms with Crippen LogP contribution in [0.2, 0.25) is 0 Å². The minimum atomic E-state index is -0.657. The highest BCUT2D eigenvalue weighted by atomic mass is 16.5. The van der Waals surface area contributed by atoms with E-state index >= 15 is 0 Å². The Kier molecular flexibility index (Phi) is 6.21. The van der Waals surface area contributed by atoms with Crippen molar-refractivity contribution in [2.45, 2.75) is 53.0 Å². The number of rotatable bonds is 8. The van der Waals surface area contributed by atoms with Crippen LogP contribution in [0.3, 0.4) is 0 Å². The average Bonchev–Trinajstić information content (AvgIpc) is 2.40. The summed E-state index contributed by atoms with van der Waals surface area (Å²) >= 11 is 0. The number of aryl methyl sites for hydroxylation is 2. The lowest BCUT2D eigenvalue weighted by molar-refractivity contribution is -0.124. The minimum absolute atomic E-state index is 0.313. The number of primary amides is 1. The van der Waals surface area contributed by atoms with Gasteiger partial charge in [-0.2, -0.15) is 0 Å². The zero-order valence-electron chi connectivity index (χ0n) is 13.9. The van der Waals surface area contributed by atoms with Gasteiger partial charge in [0.25, 0.3) is 0 Å². The van der Waals surface area contributed by atoms with Gasteiger partial charge in [0.05, 0.1) is 12.1 Å². The highest BCUT2D eigenvalue weighted by Gasteiger charge is 2.29. The summed E-state index contributed by atoms with van der Waals surface area (Å²) < 4.78 is 5.87. The predicted molar refractivity (Wildman–Crippen MR) is 86.7 cm³/mol. The van der Waals surface area contributed by atoms with Crippen molar-refractivity contribution in [1.29, 1.82) is 0 Å². The van der Waals surface area contributed by atoms with Gasteiger partial charge in [-0.3, -0.25) is 4.79 Å². The first kappa shape index (κ1) is 17.5. The maximum atomic E-state index is 11.5. The van der Waals surface area contributed by atoms with E-state index in [1.54, 1.807) is 0 Å². The number of carbonyl (C=O) groups excluding carboxylic acids is 1. The molecule has 0 radical (unpaired) electrons. The Morgan fingerprint density at radius 2 is 2.00 bits per heavy atom. The monoisotopic (exact) mass is 292 g/mol. The van der Waals surface area contributed by atoms with Crippen molar-refractivity contribution >= 4 is 5.91 Å². The summed E-state index contributed by atoms with van der Waals surface area (Å²) in [6.45, 7) is 11.3. The van der Waals surface area contributed by atoms with Gasteiger partial charge in [0, 0.05) is 0 Å². The van der Waals surface area contributed by atoms with Crippen molar-refractivity contribution in [2.24, 2.45) is 5.73 Å². The highest BCUT2D eigenvalue weighted by molar-refractivity contribution is 5.84. The third-order valence-electron chi connectivity index (χ3n) is 3.95. The predicted octanol–water partition coefficient (Wildman–Crippen LogP) is 2.62. The molecule has 3 N–H and O–H groups in total. The standard InChI is InChI=1S/C17H28N2O2/c1-6-19-17(5,16(18)20)8-7-9-21-15-11-12(2)10-13(3)14(15)4/h10-11,19H,6-9H2,1-5H3,(H2,18,20). The normalized spacial score (nSPS) is 13.8. The summed E-state index contributed by atoms with van der Waals surface area (Å²) in [4.78, 5) is 11.5. The average molecular weight is 292 g/mol. The number of amides is 1. The summed E-state index contributed by atoms with van der Waals surface area (Å²) in [6, 6.07) is 4.21. The van der Waals surface area contributed by atoms with E-state index in [9.17, 15) is 4.79 Å². The molecule has 0 aliphatic carbocycles. The Labute approximate surface area is 128 Å². The summed E-state index contributed by atoms with van der Waals surface area (Å²) in [5, 5.41) is 3.16. The number of carbonyl (C=O) groups is 1. The molecule has 0 saturated carbocycles. The summed E-state index contributed by atoms with van der Waals surface area (Å²) in [6.07, 6.45) is 1.44. The zero-order chi connectivity index (χ0) is 16.0. The van der Waals surface area contributed by atoms with Gasteiger partial charge in [-0.15, -0.1) is 0 Å². The molecule has 0 fully saturated rings. The van der Waals surface area contributed by atoms with Crippen LogP contribution in [0.1, 0.15) is 43.4 Å². The van der Waals surface area contributed by atoms with Crippen LogP contribution in [0.4, 0.5) is 0 Å². The molecule has 1 aromatic carbocycles. The molecule has 1 rings (SSSR count). The lowest BCUT2D eigenvalue weighted by Gasteiger charge is -2.27. The fourth-order valence-corrected chi connectivity index (χ4v) is 2.45. The molecule has 0 aliphatic rings. The van der Waals surface area contributed by atoms with Gasteiger partial charge in [-0.25, -0.2) is 0 Å². The second kappa shape index (κ2) is 7.46. The van der Waals surface area contributed by atoms with Gasteiger partial charge in [-0.05, 0) is 69.8 Å². The summed E-state index contributed by atoms with van der Waals surface area (Å²) in [7, 11) is 0. The van der Waals surface area contributed by atoms with Gasteiger partial charge in [0.15, 0.2) is 0 Å². The van der Waals surface area contributed by atoms with Crippen molar-refractivity contribution in [2.75, 3.05) is 13.2 Å². The van der Waals surface area contributed by atoms with E-state index in [1.807, 2.05) is 13.8 Å². The van der Waals surface area contributed by atoms with E-state index in [0.29, 0.717) is 13.0 Å². The Morgan fingerprint density at radius 3 is 2.57 bits per heavy atom. The molecule has 21 heavy (non-hydrogen) atoms. The lowest BCUT2D eigenvalue weighted by Crippen LogP contribution is -2.53. The fraction of sp³-hybridized carbons (Fsp3) is 0.588. The number of hydrogen-bond donors (Lipinski definition) is 2. The zero-order valence-corrected chi connectivity index (χ0v) is 13.9. The maximum absolute atomic E-state index is 11.5. The van der Waals surface area contributed by atoms with Crippen LogP contribution in [0, 0.1) is 20.8 Å². The van der Waals surface area contributed by atoms with Crippen molar-refractivity contribution in [3.63, 3.8) is 0 Å². The van der Waals surface area contributed by atoms with E-state index < -0.39 is 5.54 Å². The number of benzene rings is 1. The van der Waals surface area contributed by atoms with Crippen LogP contribution >= 0.6 is 0 Å². The molecular formula is C17H28N2O2. The lowest BCUT2D eigenvalue weighted by atomic mass is 9.95. The first-order valence-corrected chi connectivity index (χ1v) is 7.55. The molecule has 1 aromatic rings. The van der Waals surface area contributed by atoms with Crippen molar-refractivity contribution in [3.8, 4) is 5.75 Å². The van der Waals surface area contributed by atoms with E-state index in [-0.39, 0.29) is 5.91 Å². The Morgan fingerprint density at radius 1 is 1.33 bits per heavy atom. The molecule has 118 valence electrons. The van der Waals surface area contributed by atoms with Gasteiger partial charge in [0.1, 0.15) is 5.75 Å². The Hall–Kier alpha value is -1.55. The molecule has 0 bridgehead atoms. The molecule has 0 aliphatic heterocycles. The molecule has 4 nitrogen and oxygen atoms in total. The second-order valence-corrected chi connectivity index (χ2v) is 5.88. The number of nitrogens with two attached hydrogens (primary N) is 1. The molecule has 1 unspecified atom stereocenters. The molecule has 4 heteroatoms. The van der Waals surface area contributed by atoms with Gasteiger partial charge >= 0.3 is 0 Å². The molecular weight excluding hydrogens is 264 g/mol. The molecule has 0 heterocycles. The summed E-state index contributed by atoms with van der Waals surface area (Å²) in [5.41, 5.74) is 8.42. The Balaban J connectivity index is 2.56.